The second kappa shape index (κ2) is 7.27. The summed E-state index contributed by atoms with van der Waals surface area (Å²) in [4.78, 5) is 11.1. The minimum Gasteiger partial charge on any atom is -0.388 e. The van der Waals surface area contributed by atoms with Crippen molar-refractivity contribution in [1.82, 2.24) is 5.32 Å². The summed E-state index contributed by atoms with van der Waals surface area (Å²) in [5.41, 5.74) is 0.749. The van der Waals surface area contributed by atoms with Crippen molar-refractivity contribution in [2.24, 2.45) is 0 Å². The van der Waals surface area contributed by atoms with Crippen molar-refractivity contribution in [3.05, 3.63) is 34.9 Å². The number of amides is 1. The molecular weight excluding hydrogens is 242 g/mol. The van der Waals surface area contributed by atoms with Gasteiger partial charge in [0, 0.05) is 18.7 Å². The molecule has 1 amide bonds. The van der Waals surface area contributed by atoms with Crippen LogP contribution in [0.1, 0.15) is 18.1 Å². The number of aliphatic hydroxyl groups is 1. The van der Waals surface area contributed by atoms with Gasteiger partial charge in [-0.15, -0.1) is 0 Å². The van der Waals surface area contributed by atoms with Crippen LogP contribution in [0.25, 0.3) is 0 Å². The van der Waals surface area contributed by atoms with Crippen molar-refractivity contribution < 1.29 is 14.6 Å². The molecule has 0 fully saturated rings. The van der Waals surface area contributed by atoms with Gasteiger partial charge in [-0.05, 0) is 24.1 Å². The van der Waals surface area contributed by atoms with Gasteiger partial charge in [0.25, 0.3) is 0 Å². The van der Waals surface area contributed by atoms with Crippen molar-refractivity contribution in [2.75, 3.05) is 20.3 Å². The molecule has 0 aliphatic heterocycles. The predicted octanol–water partition coefficient (Wildman–Crippen LogP) is 1.53. The molecule has 1 aromatic carbocycles. The molecule has 0 aromatic heterocycles. The summed E-state index contributed by atoms with van der Waals surface area (Å²) in [6.45, 7) is 0.434. The number of hydrogen-bond acceptors (Lipinski definition) is 3. The van der Waals surface area contributed by atoms with Crippen LogP contribution in [0, 0.1) is 0 Å². The number of ether oxygens (including phenoxy) is 1. The Morgan fingerprint density at radius 3 is 3.00 bits per heavy atom. The SMILES string of the molecule is COCC(=O)NCC[C@@H](O)c1cccc(Cl)c1. The fraction of sp³-hybridized carbons (Fsp3) is 0.417. The molecule has 94 valence electrons. The van der Waals surface area contributed by atoms with E-state index in [2.05, 4.69) is 10.1 Å². The molecule has 1 atom stereocenters. The van der Waals surface area contributed by atoms with Crippen molar-refractivity contribution in [1.29, 1.82) is 0 Å². The third-order valence-corrected chi connectivity index (χ3v) is 2.48. The quantitative estimate of drug-likeness (QED) is 0.813. The molecule has 0 aliphatic rings. The molecule has 0 spiro atoms. The predicted molar refractivity (Wildman–Crippen MR) is 65.9 cm³/mol. The summed E-state index contributed by atoms with van der Waals surface area (Å²) in [6.07, 6.45) is -0.188. The number of hydrogen-bond donors (Lipinski definition) is 2. The molecule has 1 rings (SSSR count). The van der Waals surface area contributed by atoms with Gasteiger partial charge in [-0.2, -0.15) is 0 Å². The maximum Gasteiger partial charge on any atom is 0.245 e. The van der Waals surface area contributed by atoms with Gasteiger partial charge in [0.05, 0.1) is 6.10 Å². The Balaban J connectivity index is 2.35. The lowest BCUT2D eigenvalue weighted by atomic mass is 10.1. The number of nitrogens with one attached hydrogen (secondary N) is 1. The average molecular weight is 258 g/mol. The largest absolute Gasteiger partial charge is 0.388 e. The van der Waals surface area contributed by atoms with E-state index in [1.54, 1.807) is 24.3 Å². The molecule has 2 N–H and O–H groups in total. The first-order valence-electron chi connectivity index (χ1n) is 5.32. The summed E-state index contributed by atoms with van der Waals surface area (Å²) >= 11 is 5.82. The highest BCUT2D eigenvalue weighted by molar-refractivity contribution is 6.30. The van der Waals surface area contributed by atoms with Gasteiger partial charge in [0.15, 0.2) is 0 Å². The second-order valence-electron chi connectivity index (χ2n) is 3.64. The van der Waals surface area contributed by atoms with Crippen LogP contribution in [-0.2, 0) is 9.53 Å². The molecule has 0 saturated heterocycles. The Morgan fingerprint density at radius 1 is 1.59 bits per heavy atom. The van der Waals surface area contributed by atoms with Gasteiger partial charge < -0.3 is 15.2 Å². The van der Waals surface area contributed by atoms with Crippen LogP contribution in [0.15, 0.2) is 24.3 Å². The van der Waals surface area contributed by atoms with E-state index in [-0.39, 0.29) is 12.5 Å². The van der Waals surface area contributed by atoms with Gasteiger partial charge in [-0.25, -0.2) is 0 Å². The van der Waals surface area contributed by atoms with E-state index in [9.17, 15) is 9.90 Å². The number of methoxy groups -OCH3 is 1. The highest BCUT2D eigenvalue weighted by Gasteiger charge is 2.08. The molecular formula is C12H16ClNO3. The van der Waals surface area contributed by atoms with Crippen LogP contribution in [0.2, 0.25) is 5.02 Å². The topological polar surface area (TPSA) is 58.6 Å². The zero-order chi connectivity index (χ0) is 12.7. The van der Waals surface area contributed by atoms with Gasteiger partial charge >= 0.3 is 0 Å². The number of rotatable bonds is 6. The van der Waals surface area contributed by atoms with Gasteiger partial charge in [0.2, 0.25) is 5.91 Å². The number of carbonyl (C=O) groups excluding carboxylic acids is 1. The van der Waals surface area contributed by atoms with Crippen LogP contribution >= 0.6 is 11.6 Å². The van der Waals surface area contributed by atoms with Gasteiger partial charge in [-0.1, -0.05) is 23.7 Å². The van der Waals surface area contributed by atoms with Crippen LogP contribution < -0.4 is 5.32 Å². The third kappa shape index (κ3) is 5.17. The molecule has 5 heteroatoms. The lowest BCUT2D eigenvalue weighted by molar-refractivity contribution is -0.124. The summed E-state index contributed by atoms with van der Waals surface area (Å²) in [6, 6.07) is 7.04. The normalized spacial score (nSPS) is 12.2. The molecule has 0 radical (unpaired) electrons. The number of aliphatic hydroxyl groups excluding tert-OH is 1. The lowest BCUT2D eigenvalue weighted by Crippen LogP contribution is -2.28. The Kier molecular flexibility index (Phi) is 5.97. The Morgan fingerprint density at radius 2 is 2.35 bits per heavy atom. The molecule has 1 aromatic rings. The average Bonchev–Trinajstić information content (AvgIpc) is 2.29. The first-order chi connectivity index (χ1) is 8.13. The highest BCUT2D eigenvalue weighted by atomic mass is 35.5. The molecule has 0 bridgehead atoms. The maximum absolute atomic E-state index is 11.1. The van der Waals surface area contributed by atoms with Crippen molar-refractivity contribution in [3.8, 4) is 0 Å². The molecule has 4 nitrogen and oxygen atoms in total. The van der Waals surface area contributed by atoms with E-state index >= 15 is 0 Å². The zero-order valence-corrected chi connectivity index (χ0v) is 10.4. The minimum atomic E-state index is -0.628. The smallest absolute Gasteiger partial charge is 0.245 e. The summed E-state index contributed by atoms with van der Waals surface area (Å²) in [5.74, 6) is -0.189. The Hall–Kier alpha value is -1.10. The summed E-state index contributed by atoms with van der Waals surface area (Å²) < 4.78 is 4.67. The molecule has 17 heavy (non-hydrogen) atoms. The van der Waals surface area contributed by atoms with Crippen molar-refractivity contribution in [2.45, 2.75) is 12.5 Å². The van der Waals surface area contributed by atoms with Gasteiger partial charge in [-0.3, -0.25) is 4.79 Å². The van der Waals surface area contributed by atoms with Crippen molar-refractivity contribution in [3.63, 3.8) is 0 Å². The van der Waals surface area contributed by atoms with Crippen LogP contribution in [0.4, 0.5) is 0 Å². The fourth-order valence-corrected chi connectivity index (χ4v) is 1.61. The Bertz CT molecular complexity index is 371. The minimum absolute atomic E-state index is 0.0350. The standard InChI is InChI=1S/C12H16ClNO3/c1-17-8-12(16)14-6-5-11(15)9-3-2-4-10(13)7-9/h2-4,7,11,15H,5-6,8H2,1H3,(H,14,16)/t11-/m1/s1. The van der Waals surface area contributed by atoms with Crippen molar-refractivity contribution >= 4 is 17.5 Å². The molecule has 0 heterocycles. The van der Waals surface area contributed by atoms with E-state index in [0.717, 1.165) is 5.56 Å². The van der Waals surface area contributed by atoms with Gasteiger partial charge in [0.1, 0.15) is 6.61 Å². The number of carbonyl (C=O) groups is 1. The van der Waals surface area contributed by atoms with E-state index in [1.807, 2.05) is 0 Å². The zero-order valence-electron chi connectivity index (χ0n) is 9.65. The van der Waals surface area contributed by atoms with E-state index in [4.69, 9.17) is 11.6 Å². The fourth-order valence-electron chi connectivity index (χ4n) is 1.41. The monoisotopic (exact) mass is 257 g/mol. The summed E-state index contributed by atoms with van der Waals surface area (Å²) in [5, 5.41) is 13.1. The summed E-state index contributed by atoms with van der Waals surface area (Å²) in [7, 11) is 1.46. The molecule has 0 saturated carbocycles. The maximum atomic E-state index is 11.1. The highest BCUT2D eigenvalue weighted by Crippen LogP contribution is 2.19. The third-order valence-electron chi connectivity index (χ3n) is 2.25. The molecule has 0 aliphatic carbocycles. The molecule has 0 unspecified atom stereocenters. The van der Waals surface area contributed by atoms with Crippen LogP contribution in [-0.4, -0.2) is 31.3 Å². The van der Waals surface area contributed by atoms with Crippen LogP contribution in [0.5, 0.6) is 0 Å². The Labute approximate surface area is 106 Å². The second-order valence-corrected chi connectivity index (χ2v) is 4.08. The number of benzene rings is 1. The first-order valence-corrected chi connectivity index (χ1v) is 5.70. The first kappa shape index (κ1) is 14.0. The lowest BCUT2D eigenvalue weighted by Gasteiger charge is -2.11. The van der Waals surface area contributed by atoms with Crippen LogP contribution in [0.3, 0.4) is 0 Å². The van der Waals surface area contributed by atoms with E-state index in [1.165, 1.54) is 7.11 Å². The van der Waals surface area contributed by atoms with E-state index < -0.39 is 6.10 Å². The van der Waals surface area contributed by atoms with E-state index in [0.29, 0.717) is 18.0 Å². The number of halogens is 1.